The van der Waals surface area contributed by atoms with Crippen LogP contribution in [-0.2, 0) is 14.8 Å². The van der Waals surface area contributed by atoms with Gasteiger partial charge in [-0.05, 0) is 60.8 Å². The monoisotopic (exact) mass is 416 g/mol. The summed E-state index contributed by atoms with van der Waals surface area (Å²) in [6.45, 7) is 3.80. The fourth-order valence-electron chi connectivity index (χ4n) is 2.50. The van der Waals surface area contributed by atoms with E-state index in [9.17, 15) is 13.2 Å². The Morgan fingerprint density at radius 1 is 1.07 bits per heavy atom. The first kappa shape index (κ1) is 20.1. The predicted molar refractivity (Wildman–Crippen MR) is 110 cm³/mol. The first-order valence-corrected chi connectivity index (χ1v) is 10.9. The van der Waals surface area contributed by atoms with Gasteiger partial charge in [0.2, 0.25) is 15.9 Å². The molecule has 0 fully saturated rings. The van der Waals surface area contributed by atoms with Crippen molar-refractivity contribution in [2.24, 2.45) is 0 Å². The molecule has 9 heteroatoms. The van der Waals surface area contributed by atoms with Crippen LogP contribution in [0.25, 0.3) is 11.3 Å². The first-order chi connectivity index (χ1) is 13.3. The van der Waals surface area contributed by atoms with E-state index in [4.69, 9.17) is 0 Å². The van der Waals surface area contributed by atoms with Crippen molar-refractivity contribution in [3.05, 3.63) is 59.0 Å². The summed E-state index contributed by atoms with van der Waals surface area (Å²) in [6, 6.07) is 12.2. The zero-order chi connectivity index (χ0) is 20.1. The number of anilines is 1. The van der Waals surface area contributed by atoms with Crippen LogP contribution in [0, 0.1) is 13.8 Å². The molecule has 0 aliphatic rings. The summed E-state index contributed by atoms with van der Waals surface area (Å²) in [5, 5.41) is 8.58. The van der Waals surface area contributed by atoms with Gasteiger partial charge in [0.05, 0.1) is 4.90 Å². The molecule has 1 heterocycles. The third-order valence-electron chi connectivity index (χ3n) is 4.26. The molecular formula is C19H20N4O3S2. The molecule has 2 aromatic carbocycles. The minimum absolute atomic E-state index is 0.0175. The Bertz CT molecular complexity index is 1060. The Kier molecular flexibility index (Phi) is 6.18. The zero-order valence-electron chi connectivity index (χ0n) is 15.5. The summed E-state index contributed by atoms with van der Waals surface area (Å²) in [6.07, 6.45) is 0.0296. The molecule has 0 aliphatic carbocycles. The van der Waals surface area contributed by atoms with Crippen molar-refractivity contribution in [2.45, 2.75) is 25.2 Å². The van der Waals surface area contributed by atoms with E-state index in [2.05, 4.69) is 19.6 Å². The Morgan fingerprint density at radius 2 is 1.82 bits per heavy atom. The molecule has 0 saturated carbocycles. The number of hydrogen-bond donors (Lipinski definition) is 2. The first-order valence-electron chi connectivity index (χ1n) is 8.59. The number of aromatic nitrogens is 2. The van der Waals surface area contributed by atoms with E-state index in [1.807, 2.05) is 31.4 Å². The Morgan fingerprint density at radius 3 is 2.46 bits per heavy atom. The molecule has 7 nitrogen and oxygen atoms in total. The maximum atomic E-state index is 12.3. The second kappa shape index (κ2) is 8.59. The SMILES string of the molecule is Cc1ccc(S(=O)(=O)NCCC(=O)Nc2ccc(-c3csnn3)cc2)cc1C. The Hall–Kier alpha value is -2.62. The smallest absolute Gasteiger partial charge is 0.240 e. The van der Waals surface area contributed by atoms with Crippen LogP contribution >= 0.6 is 11.5 Å². The molecule has 0 unspecified atom stereocenters. The highest BCUT2D eigenvalue weighted by atomic mass is 32.2. The lowest BCUT2D eigenvalue weighted by atomic mass is 10.1. The molecule has 0 bridgehead atoms. The van der Waals surface area contributed by atoms with Gasteiger partial charge in [-0.3, -0.25) is 4.79 Å². The lowest BCUT2D eigenvalue weighted by Gasteiger charge is -2.09. The summed E-state index contributed by atoms with van der Waals surface area (Å²) in [4.78, 5) is 12.3. The summed E-state index contributed by atoms with van der Waals surface area (Å²) in [5.74, 6) is -0.272. The van der Waals surface area contributed by atoms with Gasteiger partial charge < -0.3 is 5.32 Å². The normalized spacial score (nSPS) is 11.4. The number of nitrogens with zero attached hydrogens (tertiary/aromatic N) is 2. The highest BCUT2D eigenvalue weighted by Crippen LogP contribution is 2.20. The van der Waals surface area contributed by atoms with Crippen molar-refractivity contribution in [3.8, 4) is 11.3 Å². The van der Waals surface area contributed by atoms with Gasteiger partial charge in [0.25, 0.3) is 0 Å². The fourth-order valence-corrected chi connectivity index (χ4v) is 4.08. The van der Waals surface area contributed by atoms with Crippen molar-refractivity contribution in [2.75, 3.05) is 11.9 Å². The summed E-state index contributed by atoms with van der Waals surface area (Å²) in [5.41, 5.74) is 4.25. The van der Waals surface area contributed by atoms with Gasteiger partial charge in [0.15, 0.2) is 0 Å². The highest BCUT2D eigenvalue weighted by molar-refractivity contribution is 7.89. The largest absolute Gasteiger partial charge is 0.326 e. The predicted octanol–water partition coefficient (Wildman–Crippen LogP) is 3.13. The number of carbonyl (C=O) groups excluding carboxylic acids is 1. The van der Waals surface area contributed by atoms with Gasteiger partial charge in [-0.1, -0.05) is 22.7 Å². The van der Waals surface area contributed by atoms with E-state index in [0.717, 1.165) is 22.4 Å². The second-order valence-corrected chi connectivity index (χ2v) is 8.69. The van der Waals surface area contributed by atoms with Crippen LogP contribution in [0.4, 0.5) is 5.69 Å². The number of hydrogen-bond acceptors (Lipinski definition) is 6. The molecule has 28 heavy (non-hydrogen) atoms. The Balaban J connectivity index is 1.52. The number of aryl methyl sites for hydroxylation is 2. The van der Waals surface area contributed by atoms with Crippen LogP contribution in [0.5, 0.6) is 0 Å². The number of carbonyl (C=O) groups is 1. The fraction of sp³-hybridized carbons (Fsp3) is 0.211. The topological polar surface area (TPSA) is 101 Å². The highest BCUT2D eigenvalue weighted by Gasteiger charge is 2.15. The molecule has 0 atom stereocenters. The van der Waals surface area contributed by atoms with Crippen LogP contribution in [0.1, 0.15) is 17.5 Å². The Labute approximate surface area is 168 Å². The standard InChI is InChI=1S/C19H20N4O3S2/c1-13-3-8-17(11-14(13)2)28(25,26)20-10-9-19(24)21-16-6-4-15(5-7-16)18-12-27-23-22-18/h3-8,11-12,20H,9-10H2,1-2H3,(H,21,24). The van der Waals surface area contributed by atoms with E-state index in [1.54, 1.807) is 30.3 Å². The quantitative estimate of drug-likeness (QED) is 0.616. The van der Waals surface area contributed by atoms with Crippen LogP contribution in [0.15, 0.2) is 52.7 Å². The number of benzene rings is 2. The zero-order valence-corrected chi connectivity index (χ0v) is 17.1. The summed E-state index contributed by atoms with van der Waals surface area (Å²) < 4.78 is 30.9. The third kappa shape index (κ3) is 5.00. The van der Waals surface area contributed by atoms with Crippen LogP contribution < -0.4 is 10.0 Å². The molecule has 1 aromatic heterocycles. The molecular weight excluding hydrogens is 396 g/mol. The molecule has 0 radical (unpaired) electrons. The van der Waals surface area contributed by atoms with Crippen molar-refractivity contribution in [1.82, 2.24) is 14.3 Å². The van der Waals surface area contributed by atoms with Crippen molar-refractivity contribution in [1.29, 1.82) is 0 Å². The molecule has 0 spiro atoms. The van der Waals surface area contributed by atoms with Gasteiger partial charge in [-0.2, -0.15) is 0 Å². The van der Waals surface area contributed by atoms with Crippen LogP contribution in [-0.4, -0.2) is 30.5 Å². The lowest BCUT2D eigenvalue weighted by molar-refractivity contribution is -0.116. The minimum atomic E-state index is -3.64. The van der Waals surface area contributed by atoms with Gasteiger partial charge in [0, 0.05) is 29.6 Å². The third-order valence-corrected chi connectivity index (χ3v) is 6.22. The average Bonchev–Trinajstić information content (AvgIpc) is 3.19. The maximum Gasteiger partial charge on any atom is 0.240 e. The maximum absolute atomic E-state index is 12.3. The minimum Gasteiger partial charge on any atom is -0.326 e. The average molecular weight is 417 g/mol. The second-order valence-electron chi connectivity index (χ2n) is 6.31. The number of sulfonamides is 1. The van der Waals surface area contributed by atoms with Gasteiger partial charge in [-0.15, -0.1) is 5.10 Å². The lowest BCUT2D eigenvalue weighted by Crippen LogP contribution is -2.28. The van der Waals surface area contributed by atoms with E-state index in [-0.39, 0.29) is 23.8 Å². The van der Waals surface area contributed by atoms with Crippen molar-refractivity contribution >= 4 is 33.2 Å². The molecule has 2 N–H and O–H groups in total. The van der Waals surface area contributed by atoms with E-state index in [1.165, 1.54) is 11.5 Å². The van der Waals surface area contributed by atoms with Crippen molar-refractivity contribution < 1.29 is 13.2 Å². The summed E-state index contributed by atoms with van der Waals surface area (Å²) >= 11 is 1.27. The number of rotatable bonds is 7. The van der Waals surface area contributed by atoms with E-state index in [0.29, 0.717) is 5.69 Å². The molecule has 0 aliphatic heterocycles. The van der Waals surface area contributed by atoms with Crippen LogP contribution in [0.2, 0.25) is 0 Å². The van der Waals surface area contributed by atoms with E-state index < -0.39 is 10.0 Å². The van der Waals surface area contributed by atoms with Crippen molar-refractivity contribution in [3.63, 3.8) is 0 Å². The summed E-state index contributed by atoms with van der Waals surface area (Å²) in [7, 11) is -3.64. The van der Waals surface area contributed by atoms with Crippen LogP contribution in [0.3, 0.4) is 0 Å². The van der Waals surface area contributed by atoms with Gasteiger partial charge in [0.1, 0.15) is 5.69 Å². The number of nitrogens with one attached hydrogen (secondary N) is 2. The molecule has 3 aromatic rings. The van der Waals surface area contributed by atoms with Gasteiger partial charge >= 0.3 is 0 Å². The number of amides is 1. The molecule has 0 saturated heterocycles. The van der Waals surface area contributed by atoms with E-state index >= 15 is 0 Å². The van der Waals surface area contributed by atoms with Gasteiger partial charge in [-0.25, -0.2) is 13.1 Å². The molecule has 3 rings (SSSR count). The molecule has 1 amide bonds. The molecule has 146 valence electrons.